The highest BCUT2D eigenvalue weighted by Gasteiger charge is 2.23. The lowest BCUT2D eigenvalue weighted by molar-refractivity contribution is -0.136. The van der Waals surface area contributed by atoms with Crippen LogP contribution < -0.4 is 21.7 Å². The number of rotatable bonds is 12. The van der Waals surface area contributed by atoms with Gasteiger partial charge in [-0.05, 0) is 37.5 Å². The average molecular weight is 629 g/mol. The molecule has 5 heterocycles. The molecule has 1 aliphatic rings. The highest BCUT2D eigenvalue weighted by atomic mass is 16.5. The molecule has 1 aromatic carbocycles. The highest BCUT2D eigenvalue weighted by Crippen LogP contribution is 2.32. The van der Waals surface area contributed by atoms with Crippen LogP contribution in [0.5, 0.6) is 0 Å². The molecule has 1 saturated heterocycles. The summed E-state index contributed by atoms with van der Waals surface area (Å²) in [7, 11) is 0. The topological polar surface area (TPSA) is 209 Å². The maximum absolute atomic E-state index is 12.7. The van der Waals surface area contributed by atoms with E-state index in [2.05, 4.69) is 30.5 Å². The maximum atomic E-state index is 12.7. The number of nitrogens with two attached hydrogens (primary N) is 2. The third kappa shape index (κ3) is 6.66. The van der Waals surface area contributed by atoms with Crippen molar-refractivity contribution in [3.63, 3.8) is 0 Å². The zero-order valence-corrected chi connectivity index (χ0v) is 25.6. The summed E-state index contributed by atoms with van der Waals surface area (Å²) >= 11 is 0. The second-order valence-electron chi connectivity index (χ2n) is 11.0. The van der Waals surface area contributed by atoms with Crippen molar-refractivity contribution in [2.45, 2.75) is 32.7 Å². The summed E-state index contributed by atoms with van der Waals surface area (Å²) in [5, 5.41) is 16.7. The summed E-state index contributed by atoms with van der Waals surface area (Å²) in [6.45, 7) is 6.08. The molecule has 2 amide bonds. The van der Waals surface area contributed by atoms with Gasteiger partial charge in [0.25, 0.3) is 11.9 Å². The van der Waals surface area contributed by atoms with Gasteiger partial charge in [0.1, 0.15) is 17.8 Å². The first-order valence-electron chi connectivity index (χ1n) is 15.3. The van der Waals surface area contributed by atoms with E-state index in [1.165, 1.54) is 18.6 Å². The highest BCUT2D eigenvalue weighted by molar-refractivity contribution is 6.00. The molecule has 46 heavy (non-hydrogen) atoms. The Kier molecular flexibility index (Phi) is 9.14. The number of aryl methyl sites for hydroxylation is 1. The second-order valence-corrected chi connectivity index (χ2v) is 11.0. The van der Waals surface area contributed by atoms with Gasteiger partial charge in [0.15, 0.2) is 11.2 Å². The number of hydrogen-bond acceptors (Lipinski definition) is 13. The first-order valence-corrected chi connectivity index (χ1v) is 15.3. The predicted molar refractivity (Wildman–Crippen MR) is 171 cm³/mol. The molecule has 16 heteroatoms. The van der Waals surface area contributed by atoms with Crippen molar-refractivity contribution >= 4 is 51.6 Å². The van der Waals surface area contributed by atoms with E-state index in [0.29, 0.717) is 97.3 Å². The van der Waals surface area contributed by atoms with Crippen LogP contribution in [-0.2, 0) is 16.1 Å². The average Bonchev–Trinajstić information content (AvgIpc) is 3.64. The molecule has 0 radical (unpaired) electrons. The number of amides is 2. The van der Waals surface area contributed by atoms with Gasteiger partial charge in [-0.3, -0.25) is 9.59 Å². The second kappa shape index (κ2) is 13.7. The van der Waals surface area contributed by atoms with Crippen LogP contribution in [0.2, 0.25) is 0 Å². The Morgan fingerprint density at radius 2 is 1.87 bits per heavy atom. The van der Waals surface area contributed by atoms with E-state index in [-0.39, 0.29) is 24.4 Å². The largest absolute Gasteiger partial charge is 0.424 e. The van der Waals surface area contributed by atoms with Gasteiger partial charge >= 0.3 is 0 Å². The molecule has 240 valence electrons. The first kappa shape index (κ1) is 30.6. The summed E-state index contributed by atoms with van der Waals surface area (Å²) in [6.07, 6.45) is 6.86. The SMILES string of the molecule is CCCOCC(=O)N1CCN(c2ncc(C(=O)NCCCCn3nc(-c4ccc5oc(N)nc5c4)c4c(N)cnnc43)cn2)CC1. The fourth-order valence-electron chi connectivity index (χ4n) is 5.32. The number of oxazole rings is 1. The molecule has 1 aliphatic heterocycles. The zero-order chi connectivity index (χ0) is 32.0. The minimum atomic E-state index is -0.247. The summed E-state index contributed by atoms with van der Waals surface area (Å²) in [6, 6.07) is 5.61. The van der Waals surface area contributed by atoms with Crippen molar-refractivity contribution in [2.24, 2.45) is 0 Å². The standard InChI is InChI=1S/C30H36N12O4/c1-2-13-45-18-24(43)40-9-11-41(12-10-40)30-34-15-20(16-35-30)28(44)33-7-3-4-8-42-27-25(21(31)17-36-38-27)26(39-42)19-5-6-23-22(14-19)37-29(32)46-23/h5-6,14-17H,2-4,7-13,18H2,1H3,(H2,31,38)(H2,32,37)(H,33,44). The van der Waals surface area contributed by atoms with Crippen molar-refractivity contribution in [2.75, 3.05) is 62.3 Å². The predicted octanol–water partition coefficient (Wildman–Crippen LogP) is 1.87. The van der Waals surface area contributed by atoms with Crippen molar-refractivity contribution in [3.8, 4) is 11.3 Å². The number of nitrogens with zero attached hydrogens (tertiary/aromatic N) is 9. The van der Waals surface area contributed by atoms with Crippen LogP contribution in [-0.4, -0.2) is 97.6 Å². The van der Waals surface area contributed by atoms with Gasteiger partial charge in [-0.1, -0.05) is 6.92 Å². The molecule has 0 atom stereocenters. The molecule has 6 rings (SSSR count). The molecule has 5 aromatic rings. The Morgan fingerprint density at radius 1 is 1.07 bits per heavy atom. The number of piperazine rings is 1. The lowest BCUT2D eigenvalue weighted by Gasteiger charge is -2.34. The lowest BCUT2D eigenvalue weighted by Crippen LogP contribution is -2.50. The van der Waals surface area contributed by atoms with E-state index in [4.69, 9.17) is 25.7 Å². The van der Waals surface area contributed by atoms with Crippen LogP contribution in [0.3, 0.4) is 0 Å². The van der Waals surface area contributed by atoms with Crippen molar-refractivity contribution < 1.29 is 18.7 Å². The van der Waals surface area contributed by atoms with E-state index in [9.17, 15) is 9.59 Å². The van der Waals surface area contributed by atoms with Gasteiger partial charge in [0.05, 0.1) is 22.8 Å². The molecule has 0 saturated carbocycles. The minimum absolute atomic E-state index is 0.00483. The van der Waals surface area contributed by atoms with Crippen LogP contribution >= 0.6 is 0 Å². The smallest absolute Gasteiger partial charge is 0.292 e. The number of anilines is 3. The molecule has 0 spiro atoms. The van der Waals surface area contributed by atoms with Gasteiger partial charge < -0.3 is 35.7 Å². The molecular formula is C30H36N12O4. The van der Waals surface area contributed by atoms with E-state index in [1.54, 1.807) is 15.6 Å². The van der Waals surface area contributed by atoms with Gasteiger partial charge in [0, 0.05) is 63.8 Å². The number of benzene rings is 1. The monoisotopic (exact) mass is 628 g/mol. The number of nitrogen functional groups attached to an aromatic ring is 2. The number of carbonyl (C=O) groups excluding carboxylic acids is 2. The van der Waals surface area contributed by atoms with Crippen LogP contribution in [0, 0.1) is 0 Å². The quantitative estimate of drug-likeness (QED) is 0.169. The van der Waals surface area contributed by atoms with Gasteiger partial charge in [0.2, 0.25) is 11.9 Å². The molecule has 4 aromatic heterocycles. The third-order valence-electron chi connectivity index (χ3n) is 7.71. The fourth-order valence-corrected chi connectivity index (χ4v) is 5.32. The number of unbranched alkanes of at least 4 members (excludes halogenated alkanes) is 1. The Bertz CT molecular complexity index is 1830. The van der Waals surface area contributed by atoms with Gasteiger partial charge in [-0.15, -0.1) is 5.10 Å². The van der Waals surface area contributed by atoms with E-state index in [1.807, 2.05) is 24.0 Å². The number of ether oxygens (including phenoxy) is 1. The van der Waals surface area contributed by atoms with E-state index < -0.39 is 0 Å². The normalized spacial score (nSPS) is 13.5. The molecule has 1 fully saturated rings. The number of fused-ring (bicyclic) bond motifs is 2. The Balaban J connectivity index is 0.993. The number of aromatic nitrogens is 7. The first-order chi connectivity index (χ1) is 22.4. The summed E-state index contributed by atoms with van der Waals surface area (Å²) < 4.78 is 12.5. The van der Waals surface area contributed by atoms with Crippen LogP contribution in [0.15, 0.2) is 41.2 Å². The summed E-state index contributed by atoms with van der Waals surface area (Å²) in [4.78, 5) is 41.8. The van der Waals surface area contributed by atoms with E-state index in [0.717, 1.165) is 18.4 Å². The molecular weight excluding hydrogens is 592 g/mol. The zero-order valence-electron chi connectivity index (χ0n) is 25.6. The Morgan fingerprint density at radius 3 is 2.65 bits per heavy atom. The van der Waals surface area contributed by atoms with Crippen LogP contribution in [0.4, 0.5) is 17.7 Å². The minimum Gasteiger partial charge on any atom is -0.424 e. The number of carbonyl (C=O) groups is 2. The van der Waals surface area contributed by atoms with E-state index >= 15 is 0 Å². The van der Waals surface area contributed by atoms with Gasteiger partial charge in [-0.2, -0.15) is 15.2 Å². The van der Waals surface area contributed by atoms with Crippen molar-refractivity contribution in [1.82, 2.24) is 45.1 Å². The summed E-state index contributed by atoms with van der Waals surface area (Å²) in [5.41, 5.74) is 16.1. The van der Waals surface area contributed by atoms with Gasteiger partial charge in [-0.25, -0.2) is 14.6 Å². The molecule has 0 unspecified atom stereocenters. The summed E-state index contributed by atoms with van der Waals surface area (Å²) in [5.74, 6) is 0.281. The number of hydrogen-bond donors (Lipinski definition) is 3. The fraction of sp³-hybridized carbons (Fsp3) is 0.400. The molecule has 16 nitrogen and oxygen atoms in total. The maximum Gasteiger partial charge on any atom is 0.292 e. The van der Waals surface area contributed by atoms with Crippen LogP contribution in [0.1, 0.15) is 36.5 Å². The third-order valence-corrected chi connectivity index (χ3v) is 7.71. The Hall–Kier alpha value is -5.38. The lowest BCUT2D eigenvalue weighted by atomic mass is 10.1. The molecule has 0 bridgehead atoms. The number of nitrogens with one attached hydrogen (secondary N) is 1. The van der Waals surface area contributed by atoms with Crippen LogP contribution in [0.25, 0.3) is 33.4 Å². The Labute approximate surface area is 264 Å². The van der Waals surface area contributed by atoms with Crippen molar-refractivity contribution in [1.29, 1.82) is 0 Å². The molecule has 0 aliphatic carbocycles. The van der Waals surface area contributed by atoms with Crippen molar-refractivity contribution in [3.05, 3.63) is 42.4 Å². The molecule has 5 N–H and O–H groups in total.